The lowest BCUT2D eigenvalue weighted by Crippen LogP contribution is -1.98. The van der Waals surface area contributed by atoms with Gasteiger partial charge >= 0.3 is 0 Å². The van der Waals surface area contributed by atoms with E-state index in [0.29, 0.717) is 0 Å². The molecule has 0 fully saturated rings. The summed E-state index contributed by atoms with van der Waals surface area (Å²) in [5, 5.41) is 18.7. The van der Waals surface area contributed by atoms with E-state index in [9.17, 15) is 0 Å². The van der Waals surface area contributed by atoms with Gasteiger partial charge in [-0.25, -0.2) is 0 Å². The molecule has 0 aliphatic carbocycles. The number of nitrogens with zero attached hydrogens (tertiary/aromatic N) is 6. The highest BCUT2D eigenvalue weighted by molar-refractivity contribution is 6.29. The quantitative estimate of drug-likeness (QED) is 0.130. The van der Waals surface area contributed by atoms with E-state index < -0.39 is 0 Å². The molecule has 0 amide bonds. The van der Waals surface area contributed by atoms with Gasteiger partial charge in [-0.1, -0.05) is 249 Å². The lowest BCUT2D eigenvalue weighted by molar-refractivity contribution is 0.668. The Morgan fingerprint density at radius 2 is 0.406 bits per heavy atom. The number of furan rings is 2. The van der Waals surface area contributed by atoms with Crippen molar-refractivity contribution in [3.05, 3.63) is 437 Å². The van der Waals surface area contributed by atoms with Crippen LogP contribution >= 0.6 is 0 Å². The van der Waals surface area contributed by atoms with Crippen molar-refractivity contribution in [1.29, 1.82) is 0 Å². The molecule has 8 heteroatoms. The number of rotatable bonds is 11. The molecule has 0 saturated carbocycles. The number of para-hydroxylation sites is 8. The fourth-order valence-corrected chi connectivity index (χ4v) is 21.8. The lowest BCUT2D eigenvalue weighted by Gasteiger charge is -2.13. The van der Waals surface area contributed by atoms with Gasteiger partial charge in [0.25, 0.3) is 0 Å². The van der Waals surface area contributed by atoms with Gasteiger partial charge in [0.05, 0.1) is 66.2 Å². The van der Waals surface area contributed by atoms with Crippen LogP contribution in [0, 0.1) is 0 Å². The van der Waals surface area contributed by atoms with Crippen molar-refractivity contribution in [2.75, 3.05) is 0 Å². The molecule has 0 atom stereocenters. The van der Waals surface area contributed by atoms with E-state index in [1.807, 2.05) is 0 Å². The number of aromatic nitrogens is 6. The van der Waals surface area contributed by atoms with Gasteiger partial charge in [-0.15, -0.1) is 0 Å². The third kappa shape index (κ3) is 10.3. The summed E-state index contributed by atoms with van der Waals surface area (Å²) in [6, 6.07) is 161. The number of benzene rings is 20. The van der Waals surface area contributed by atoms with Crippen molar-refractivity contribution in [3.63, 3.8) is 0 Å². The van der Waals surface area contributed by atoms with Gasteiger partial charge in [0.2, 0.25) is 0 Å². The summed E-state index contributed by atoms with van der Waals surface area (Å²) >= 11 is 0. The smallest absolute Gasteiger partial charge is 0.136 e. The summed E-state index contributed by atoms with van der Waals surface area (Å²) < 4.78 is 28.4. The summed E-state index contributed by atoms with van der Waals surface area (Å²) in [5.41, 5.74) is 35.2. The Morgan fingerprint density at radius 3 is 0.883 bits per heavy atom. The van der Waals surface area contributed by atoms with Crippen LogP contribution in [0.25, 0.3) is 264 Å². The second-order valence-electron chi connectivity index (χ2n) is 34.1. The zero-order chi connectivity index (χ0) is 83.5. The fourth-order valence-electron chi connectivity index (χ4n) is 21.8. The molecule has 0 aliphatic heterocycles. The maximum Gasteiger partial charge on any atom is 0.136 e. The van der Waals surface area contributed by atoms with E-state index in [1.54, 1.807) is 0 Å². The first-order chi connectivity index (χ1) is 63.5. The van der Waals surface area contributed by atoms with E-state index in [4.69, 9.17) is 8.83 Å². The summed E-state index contributed by atoms with van der Waals surface area (Å²) in [4.78, 5) is 0. The van der Waals surface area contributed by atoms with Gasteiger partial charge in [0.15, 0.2) is 0 Å². The van der Waals surface area contributed by atoms with Gasteiger partial charge in [-0.3, -0.25) is 0 Å². The molecule has 128 heavy (non-hydrogen) atoms. The molecule has 594 valence electrons. The molecule has 0 N–H and O–H groups in total. The van der Waals surface area contributed by atoms with Crippen molar-refractivity contribution in [3.8, 4) is 89.8 Å². The average molecular weight is 1630 g/mol. The van der Waals surface area contributed by atoms with Gasteiger partial charge in [-0.05, 0) is 244 Å². The van der Waals surface area contributed by atoms with Gasteiger partial charge < -0.3 is 36.2 Å². The molecule has 0 aliphatic rings. The minimum absolute atomic E-state index is 0.852. The lowest BCUT2D eigenvalue weighted by atomic mass is 9.96. The summed E-state index contributed by atoms with van der Waals surface area (Å²) in [6.45, 7) is 0. The molecule has 0 saturated heterocycles. The van der Waals surface area contributed by atoms with Crippen LogP contribution in [-0.2, 0) is 0 Å². The summed E-state index contributed by atoms with van der Waals surface area (Å²) in [6.07, 6.45) is 0. The Kier molecular flexibility index (Phi) is 14.9. The Morgan fingerprint density at radius 1 is 0.133 bits per heavy atom. The molecule has 8 nitrogen and oxygen atoms in total. The fraction of sp³-hybridized carbons (Fsp3) is 0. The van der Waals surface area contributed by atoms with Crippen molar-refractivity contribution in [1.82, 2.24) is 27.4 Å². The largest absolute Gasteiger partial charge is 0.456 e. The van der Waals surface area contributed by atoms with Gasteiger partial charge in [0.1, 0.15) is 22.3 Å². The van der Waals surface area contributed by atoms with Crippen LogP contribution in [0.3, 0.4) is 0 Å². The number of fused-ring (bicyclic) bond motifs is 26. The molecule has 0 bridgehead atoms. The molecule has 0 unspecified atom stereocenters. The minimum Gasteiger partial charge on any atom is -0.456 e. The standard InChI is InChI=1S/C120H72N6O2/c1-7-25-81(26-8-1)121-102-41-21-19-37-89(102)96-65-73(47-58-104(96)121)75-51-63-111-100(67-75)116-88(40-24-44-114(116)128-111)80-50-61-107-99(70-80)94-56-55-92-90-53-45-78(72-110(90)126(86-35-17-6-18-36-86)119(92)120(94)125(107)85-33-15-5-16-34-85)77-46-54-91-97-66-74(48-59-105(97)123(109(91)71-77)83-29-11-3-12-30-83)76-52-64-112-101(68-76)115-87(39-23-43-113(115)127-112)79-49-60-106-98(69-79)93-57-62-108-117(118(93)124(106)84-31-13-4-14-32-84)95-38-20-22-42-103(95)122(108)82-27-9-2-10-28-82/h1-72H. The van der Waals surface area contributed by atoms with Gasteiger partial charge in [-0.2, -0.15) is 0 Å². The average Bonchev–Trinajstić information content (AvgIpc) is 1.54. The molecule has 0 spiro atoms. The van der Waals surface area contributed by atoms with Crippen LogP contribution < -0.4 is 0 Å². The highest BCUT2D eigenvalue weighted by Gasteiger charge is 2.28. The highest BCUT2D eigenvalue weighted by atomic mass is 16.3. The second-order valence-corrected chi connectivity index (χ2v) is 34.1. The molecule has 8 aromatic heterocycles. The third-order valence-corrected chi connectivity index (χ3v) is 27.4. The number of hydrogen-bond acceptors (Lipinski definition) is 2. The van der Waals surface area contributed by atoms with E-state index in [0.717, 1.165) is 172 Å². The normalized spacial score (nSPS) is 12.2. The Labute approximate surface area is 732 Å². The zero-order valence-corrected chi connectivity index (χ0v) is 69.1. The second kappa shape index (κ2) is 27.1. The molecule has 0 radical (unpaired) electrons. The Balaban J connectivity index is 0.568. The SMILES string of the molecule is c1ccc(-n2c3ccccc3c3cc(-c4ccc5oc6cccc(-c7ccc8c(c7)c7ccc9c%10ccc(-c%11ccc%12c%13cc(-c%14ccc%15oc%16cccc(-c%17ccc%18c(c%17)c%17ccc%19c(c%20ccccc%20n%19-c%19ccccc%19)c%17n%18-c%17ccccc%17)c%16c%15c%14)ccc%13n(-c%13ccccc%13)c%12c%11)cc%10n(-c%10ccccc%10)c9c7n8-c7ccccc7)c6c5c4)ccc32)cc1. The van der Waals surface area contributed by atoms with Crippen molar-refractivity contribution in [2.45, 2.75) is 0 Å². The summed E-state index contributed by atoms with van der Waals surface area (Å²) in [7, 11) is 0. The first-order valence-electron chi connectivity index (χ1n) is 43.9. The van der Waals surface area contributed by atoms with Crippen molar-refractivity contribution >= 4 is 175 Å². The minimum atomic E-state index is 0.852. The van der Waals surface area contributed by atoms with E-state index in [-0.39, 0.29) is 0 Å². The first-order valence-corrected chi connectivity index (χ1v) is 43.9. The molecular formula is C120H72N6O2. The highest BCUT2D eigenvalue weighted by Crippen LogP contribution is 2.50. The van der Waals surface area contributed by atoms with E-state index in [2.05, 4.69) is 464 Å². The van der Waals surface area contributed by atoms with Crippen LogP contribution in [0.1, 0.15) is 0 Å². The van der Waals surface area contributed by atoms with Crippen LogP contribution in [-0.4, -0.2) is 27.4 Å². The van der Waals surface area contributed by atoms with Crippen molar-refractivity contribution < 1.29 is 8.83 Å². The first kappa shape index (κ1) is 70.3. The van der Waals surface area contributed by atoms with Crippen molar-refractivity contribution in [2.24, 2.45) is 0 Å². The topological polar surface area (TPSA) is 55.9 Å². The predicted octanol–water partition coefficient (Wildman–Crippen LogP) is 32.4. The van der Waals surface area contributed by atoms with Crippen LogP contribution in [0.15, 0.2) is 446 Å². The molecule has 28 aromatic rings. The van der Waals surface area contributed by atoms with E-state index in [1.165, 1.54) is 92.2 Å². The Bertz CT molecular complexity index is 9550. The van der Waals surface area contributed by atoms with Gasteiger partial charge in [0, 0.05) is 120 Å². The molecular weight excluding hydrogens is 1560 g/mol. The van der Waals surface area contributed by atoms with Crippen LogP contribution in [0.5, 0.6) is 0 Å². The monoisotopic (exact) mass is 1630 g/mol. The molecule has 20 aromatic carbocycles. The summed E-state index contributed by atoms with van der Waals surface area (Å²) in [5.74, 6) is 0. The third-order valence-electron chi connectivity index (χ3n) is 27.4. The maximum atomic E-state index is 6.85. The van der Waals surface area contributed by atoms with Crippen LogP contribution in [0.2, 0.25) is 0 Å². The predicted molar refractivity (Wildman–Crippen MR) is 534 cm³/mol. The van der Waals surface area contributed by atoms with E-state index >= 15 is 0 Å². The zero-order valence-electron chi connectivity index (χ0n) is 69.1. The van der Waals surface area contributed by atoms with Crippen LogP contribution in [0.4, 0.5) is 0 Å². The maximum absolute atomic E-state index is 6.85. The Hall–Kier alpha value is -17.2. The molecule has 8 heterocycles. The number of hydrogen-bond donors (Lipinski definition) is 0. The molecule has 28 rings (SSSR count).